The summed E-state index contributed by atoms with van der Waals surface area (Å²) in [5.74, 6) is -0.0926. The van der Waals surface area contributed by atoms with Crippen LogP contribution in [0.15, 0.2) is 30.3 Å². The second kappa shape index (κ2) is 6.36. The normalized spacial score (nSPS) is 18.8. The van der Waals surface area contributed by atoms with Crippen LogP contribution < -0.4 is 5.32 Å². The van der Waals surface area contributed by atoms with E-state index in [1.807, 2.05) is 30.3 Å². The molecule has 1 aromatic carbocycles. The van der Waals surface area contributed by atoms with Gasteiger partial charge in [-0.25, -0.2) is 4.79 Å². The maximum absolute atomic E-state index is 12.2. The van der Waals surface area contributed by atoms with E-state index in [2.05, 4.69) is 12.2 Å². The third-order valence-corrected chi connectivity index (χ3v) is 3.37. The first-order valence-corrected chi connectivity index (χ1v) is 6.88. The van der Waals surface area contributed by atoms with E-state index >= 15 is 0 Å². The summed E-state index contributed by atoms with van der Waals surface area (Å²) in [6, 6.07) is 9.11. The molecular weight excluding hydrogens is 240 g/mol. The highest BCUT2D eigenvalue weighted by atomic mass is 16.2. The van der Waals surface area contributed by atoms with Gasteiger partial charge in [-0.1, -0.05) is 50.1 Å². The highest BCUT2D eigenvalue weighted by molar-refractivity contribution is 6.04. The van der Waals surface area contributed by atoms with Gasteiger partial charge in [-0.15, -0.1) is 0 Å². The number of hydrogen-bond donors (Lipinski definition) is 1. The molecule has 1 atom stereocenters. The Morgan fingerprint density at radius 1 is 1.16 bits per heavy atom. The first-order valence-electron chi connectivity index (χ1n) is 6.88. The van der Waals surface area contributed by atoms with Crippen molar-refractivity contribution in [2.24, 2.45) is 0 Å². The molecule has 0 aromatic heterocycles. The zero-order chi connectivity index (χ0) is 13.7. The van der Waals surface area contributed by atoms with Gasteiger partial charge in [-0.05, 0) is 12.0 Å². The Morgan fingerprint density at radius 3 is 2.58 bits per heavy atom. The van der Waals surface area contributed by atoms with E-state index in [0.717, 1.165) is 24.8 Å². The van der Waals surface area contributed by atoms with Crippen LogP contribution in [0, 0.1) is 0 Å². The minimum Gasteiger partial charge on any atom is -0.325 e. The number of nitrogens with one attached hydrogen (secondary N) is 1. The summed E-state index contributed by atoms with van der Waals surface area (Å²) in [4.78, 5) is 25.3. The first kappa shape index (κ1) is 13.6. The molecule has 1 fully saturated rings. The predicted octanol–water partition coefficient (Wildman–Crippen LogP) is 2.34. The Kier molecular flexibility index (Phi) is 4.55. The molecule has 0 saturated carbocycles. The number of hydrogen-bond acceptors (Lipinski definition) is 2. The molecule has 0 bridgehead atoms. The molecule has 1 N–H and O–H groups in total. The molecule has 1 aliphatic heterocycles. The fourth-order valence-corrected chi connectivity index (χ4v) is 2.30. The van der Waals surface area contributed by atoms with Crippen LogP contribution in [0.4, 0.5) is 4.79 Å². The third kappa shape index (κ3) is 3.34. The van der Waals surface area contributed by atoms with Crippen molar-refractivity contribution in [2.75, 3.05) is 6.54 Å². The van der Waals surface area contributed by atoms with Crippen LogP contribution in [0.2, 0.25) is 0 Å². The molecule has 1 aliphatic rings. The molecule has 1 heterocycles. The van der Waals surface area contributed by atoms with Crippen molar-refractivity contribution in [2.45, 2.75) is 38.6 Å². The van der Waals surface area contributed by atoms with Crippen molar-refractivity contribution in [1.29, 1.82) is 0 Å². The van der Waals surface area contributed by atoms with E-state index in [0.29, 0.717) is 13.0 Å². The standard InChI is InChI=1S/C15H20N2O2/c1-2-3-7-10-17-14(18)13(16-15(17)19)11-12-8-5-4-6-9-12/h4-6,8-9,13H,2-3,7,10-11H2,1H3,(H,16,19)/t13-/m0/s1. The van der Waals surface area contributed by atoms with E-state index in [1.54, 1.807) is 0 Å². The molecule has 4 heteroatoms. The van der Waals surface area contributed by atoms with Crippen LogP contribution in [0.3, 0.4) is 0 Å². The topological polar surface area (TPSA) is 49.4 Å². The molecule has 1 aromatic rings. The number of unbranched alkanes of at least 4 members (excludes halogenated alkanes) is 2. The number of nitrogens with zero attached hydrogens (tertiary/aromatic N) is 1. The summed E-state index contributed by atoms with van der Waals surface area (Å²) >= 11 is 0. The molecule has 0 unspecified atom stereocenters. The summed E-state index contributed by atoms with van der Waals surface area (Å²) < 4.78 is 0. The Morgan fingerprint density at radius 2 is 1.89 bits per heavy atom. The zero-order valence-electron chi connectivity index (χ0n) is 11.3. The molecular formula is C15H20N2O2. The third-order valence-electron chi connectivity index (χ3n) is 3.37. The number of urea groups is 1. The van der Waals surface area contributed by atoms with Gasteiger partial charge >= 0.3 is 6.03 Å². The largest absolute Gasteiger partial charge is 0.325 e. The molecule has 4 nitrogen and oxygen atoms in total. The van der Waals surface area contributed by atoms with Crippen LogP contribution >= 0.6 is 0 Å². The zero-order valence-corrected chi connectivity index (χ0v) is 11.3. The average Bonchev–Trinajstić information content (AvgIpc) is 2.68. The lowest BCUT2D eigenvalue weighted by Gasteiger charge is -2.12. The Labute approximate surface area is 113 Å². The van der Waals surface area contributed by atoms with E-state index in [1.165, 1.54) is 4.90 Å². The van der Waals surface area contributed by atoms with Crippen molar-refractivity contribution in [3.05, 3.63) is 35.9 Å². The Hall–Kier alpha value is -1.84. The molecule has 2 rings (SSSR count). The summed E-state index contributed by atoms with van der Waals surface area (Å²) in [7, 11) is 0. The van der Waals surface area contributed by atoms with E-state index in [9.17, 15) is 9.59 Å². The van der Waals surface area contributed by atoms with E-state index < -0.39 is 6.04 Å². The van der Waals surface area contributed by atoms with Crippen molar-refractivity contribution < 1.29 is 9.59 Å². The quantitative estimate of drug-likeness (QED) is 0.630. The van der Waals surface area contributed by atoms with Crippen LogP contribution in [0.1, 0.15) is 31.7 Å². The van der Waals surface area contributed by atoms with E-state index in [4.69, 9.17) is 0 Å². The van der Waals surface area contributed by atoms with Gasteiger partial charge in [0.05, 0.1) is 0 Å². The molecule has 0 aliphatic carbocycles. The summed E-state index contributed by atoms with van der Waals surface area (Å²) in [6.45, 7) is 2.63. The van der Waals surface area contributed by atoms with Gasteiger partial charge in [0.1, 0.15) is 6.04 Å². The van der Waals surface area contributed by atoms with Crippen molar-refractivity contribution in [1.82, 2.24) is 10.2 Å². The molecule has 0 spiro atoms. The minimum absolute atomic E-state index is 0.0926. The smallest absolute Gasteiger partial charge is 0.324 e. The van der Waals surface area contributed by atoms with Crippen molar-refractivity contribution >= 4 is 11.9 Å². The van der Waals surface area contributed by atoms with Gasteiger partial charge in [-0.2, -0.15) is 0 Å². The lowest BCUT2D eigenvalue weighted by Crippen LogP contribution is -2.33. The number of rotatable bonds is 6. The van der Waals surface area contributed by atoms with Gasteiger partial charge in [-0.3, -0.25) is 9.69 Å². The molecule has 1 saturated heterocycles. The van der Waals surface area contributed by atoms with Crippen molar-refractivity contribution in [3.63, 3.8) is 0 Å². The second-order valence-electron chi connectivity index (χ2n) is 4.89. The van der Waals surface area contributed by atoms with Gasteiger partial charge in [0.2, 0.25) is 0 Å². The maximum Gasteiger partial charge on any atom is 0.324 e. The number of imide groups is 1. The highest BCUT2D eigenvalue weighted by Crippen LogP contribution is 2.13. The summed E-state index contributed by atoms with van der Waals surface area (Å²) in [6.07, 6.45) is 3.57. The fraction of sp³-hybridized carbons (Fsp3) is 0.467. The van der Waals surface area contributed by atoms with E-state index in [-0.39, 0.29) is 11.9 Å². The predicted molar refractivity (Wildman–Crippen MR) is 73.7 cm³/mol. The van der Waals surface area contributed by atoms with Gasteiger partial charge in [0, 0.05) is 13.0 Å². The van der Waals surface area contributed by atoms with Crippen LogP contribution in [0.5, 0.6) is 0 Å². The monoisotopic (exact) mass is 260 g/mol. The Balaban J connectivity index is 1.94. The lowest BCUT2D eigenvalue weighted by atomic mass is 10.1. The molecule has 3 amide bonds. The van der Waals surface area contributed by atoms with Gasteiger partial charge in [0.15, 0.2) is 0 Å². The molecule has 0 radical (unpaired) electrons. The van der Waals surface area contributed by atoms with Crippen molar-refractivity contribution in [3.8, 4) is 0 Å². The van der Waals surface area contributed by atoms with Crippen LogP contribution in [-0.4, -0.2) is 29.4 Å². The average molecular weight is 260 g/mol. The second-order valence-corrected chi connectivity index (χ2v) is 4.89. The molecule has 102 valence electrons. The summed E-state index contributed by atoms with van der Waals surface area (Å²) in [5.41, 5.74) is 1.07. The van der Waals surface area contributed by atoms with Crippen LogP contribution in [-0.2, 0) is 11.2 Å². The number of benzene rings is 1. The first-order chi connectivity index (χ1) is 9.22. The SMILES string of the molecule is CCCCCN1C(=O)N[C@@H](Cc2ccccc2)C1=O. The van der Waals surface area contributed by atoms with Gasteiger partial charge < -0.3 is 5.32 Å². The lowest BCUT2D eigenvalue weighted by molar-refractivity contribution is -0.127. The summed E-state index contributed by atoms with van der Waals surface area (Å²) in [5, 5.41) is 2.77. The van der Waals surface area contributed by atoms with Crippen LogP contribution in [0.25, 0.3) is 0 Å². The minimum atomic E-state index is -0.406. The Bertz CT molecular complexity index is 445. The fourth-order valence-electron chi connectivity index (χ4n) is 2.30. The number of amides is 3. The highest BCUT2D eigenvalue weighted by Gasteiger charge is 2.37. The molecule has 19 heavy (non-hydrogen) atoms. The van der Waals surface area contributed by atoms with Gasteiger partial charge in [0.25, 0.3) is 5.91 Å². The number of carbonyl (C=O) groups excluding carboxylic acids is 2. The number of carbonyl (C=O) groups is 2. The maximum atomic E-state index is 12.2.